The Morgan fingerprint density at radius 3 is 2.45 bits per heavy atom. The van der Waals surface area contributed by atoms with Gasteiger partial charge in [0, 0.05) is 34.0 Å². The number of hydrogen-bond acceptors (Lipinski definition) is 7. The maximum absolute atomic E-state index is 13.5. The number of amides is 3. The van der Waals surface area contributed by atoms with Gasteiger partial charge in [0.2, 0.25) is 5.91 Å². The second-order valence-corrected chi connectivity index (χ2v) is 10.3. The van der Waals surface area contributed by atoms with Gasteiger partial charge >= 0.3 is 0 Å². The third kappa shape index (κ3) is 8.21. The number of ether oxygens (including phenoxy) is 1. The van der Waals surface area contributed by atoms with E-state index in [1.807, 2.05) is 13.0 Å². The molecule has 0 aliphatic heterocycles. The number of nitrogens with zero attached hydrogens (tertiary/aromatic N) is 1. The molecule has 4 N–H and O–H groups in total. The molecule has 10 heteroatoms. The van der Waals surface area contributed by atoms with Gasteiger partial charge in [0.1, 0.15) is 23.0 Å². The molecule has 3 amide bonds. The number of pyridine rings is 1. The van der Waals surface area contributed by atoms with Crippen LogP contribution in [-0.4, -0.2) is 40.2 Å². The maximum Gasteiger partial charge on any atom is 0.272 e. The number of hydrogen-bond donors (Lipinski definition) is 4. The average Bonchev–Trinajstić information content (AvgIpc) is 3.01. The highest BCUT2D eigenvalue weighted by atomic mass is 32.2. The molecule has 0 saturated carbocycles. The van der Waals surface area contributed by atoms with Crippen LogP contribution in [0, 0.1) is 0 Å². The summed E-state index contributed by atoms with van der Waals surface area (Å²) in [6.45, 7) is 1.92. The Hall–Kier alpha value is -5.09. The number of benzene rings is 3. The van der Waals surface area contributed by atoms with Crippen LogP contribution in [0.15, 0.2) is 108 Å². The van der Waals surface area contributed by atoms with E-state index in [4.69, 9.17) is 4.74 Å². The number of carbonyl (C=O) groups is 3. The lowest BCUT2D eigenvalue weighted by Crippen LogP contribution is -2.30. The van der Waals surface area contributed by atoms with E-state index in [0.717, 1.165) is 4.90 Å². The molecule has 214 valence electrons. The molecular weight excluding hydrogens is 552 g/mol. The van der Waals surface area contributed by atoms with Crippen molar-refractivity contribution in [2.24, 2.45) is 0 Å². The van der Waals surface area contributed by atoms with E-state index in [1.54, 1.807) is 79.0 Å². The van der Waals surface area contributed by atoms with Crippen LogP contribution in [0.4, 0.5) is 11.5 Å². The van der Waals surface area contributed by atoms with Gasteiger partial charge in [0.15, 0.2) is 0 Å². The number of phenols is 1. The molecule has 3 aromatic carbocycles. The van der Waals surface area contributed by atoms with E-state index in [-0.39, 0.29) is 22.6 Å². The number of methoxy groups -OCH3 is 1. The van der Waals surface area contributed by atoms with Crippen LogP contribution in [0.5, 0.6) is 11.5 Å². The SMILES string of the molecule is CCC(Sc1cccc(NC(=O)/C(=C\c2ccc(O)cc2OC)NC(=O)c2ccccc2)c1)C(=O)Nc1ccccn1. The fourth-order valence-electron chi connectivity index (χ4n) is 3.89. The summed E-state index contributed by atoms with van der Waals surface area (Å²) in [7, 11) is 1.44. The van der Waals surface area contributed by atoms with Crippen molar-refractivity contribution >= 4 is 47.1 Å². The number of anilines is 2. The van der Waals surface area contributed by atoms with E-state index >= 15 is 0 Å². The first-order valence-corrected chi connectivity index (χ1v) is 14.0. The molecule has 1 atom stereocenters. The van der Waals surface area contributed by atoms with Gasteiger partial charge in [-0.2, -0.15) is 0 Å². The second kappa shape index (κ2) is 14.5. The summed E-state index contributed by atoms with van der Waals surface area (Å²) in [5.41, 5.74) is 1.29. The van der Waals surface area contributed by atoms with E-state index < -0.39 is 11.8 Å². The lowest BCUT2D eigenvalue weighted by atomic mass is 10.1. The molecule has 4 aromatic rings. The third-order valence-corrected chi connectivity index (χ3v) is 7.35. The van der Waals surface area contributed by atoms with Crippen LogP contribution in [0.3, 0.4) is 0 Å². The molecular formula is C32H30N4O5S. The summed E-state index contributed by atoms with van der Waals surface area (Å²) in [6, 6.07) is 25.4. The van der Waals surface area contributed by atoms with Gasteiger partial charge in [-0.1, -0.05) is 37.3 Å². The smallest absolute Gasteiger partial charge is 0.272 e. The third-order valence-electron chi connectivity index (χ3n) is 6.00. The Morgan fingerprint density at radius 1 is 0.952 bits per heavy atom. The normalized spacial score (nSPS) is 11.7. The van der Waals surface area contributed by atoms with Crippen molar-refractivity contribution in [2.45, 2.75) is 23.5 Å². The molecule has 0 bridgehead atoms. The van der Waals surface area contributed by atoms with Crippen molar-refractivity contribution in [3.8, 4) is 11.5 Å². The quantitative estimate of drug-likeness (QED) is 0.132. The maximum atomic E-state index is 13.5. The average molecular weight is 583 g/mol. The predicted octanol–water partition coefficient (Wildman–Crippen LogP) is 5.71. The van der Waals surface area contributed by atoms with E-state index in [2.05, 4.69) is 20.9 Å². The van der Waals surface area contributed by atoms with Crippen molar-refractivity contribution in [1.29, 1.82) is 0 Å². The summed E-state index contributed by atoms with van der Waals surface area (Å²) in [5.74, 6) is -0.420. The lowest BCUT2D eigenvalue weighted by Gasteiger charge is -2.16. The number of aromatic hydroxyl groups is 1. The number of aromatic nitrogens is 1. The molecule has 0 radical (unpaired) electrons. The van der Waals surface area contributed by atoms with Crippen LogP contribution in [0.1, 0.15) is 29.3 Å². The first-order chi connectivity index (χ1) is 20.4. The van der Waals surface area contributed by atoms with Crippen LogP contribution in [0.2, 0.25) is 0 Å². The van der Waals surface area contributed by atoms with E-state index in [9.17, 15) is 19.5 Å². The molecule has 1 heterocycles. The van der Waals surface area contributed by atoms with Gasteiger partial charge in [-0.15, -0.1) is 11.8 Å². The van der Waals surface area contributed by atoms with Crippen molar-refractivity contribution in [2.75, 3.05) is 17.7 Å². The van der Waals surface area contributed by atoms with Crippen LogP contribution < -0.4 is 20.7 Å². The van der Waals surface area contributed by atoms with Gasteiger partial charge in [-0.3, -0.25) is 14.4 Å². The van der Waals surface area contributed by atoms with Gasteiger partial charge in [-0.25, -0.2) is 4.98 Å². The molecule has 0 fully saturated rings. The predicted molar refractivity (Wildman–Crippen MR) is 164 cm³/mol. The molecule has 1 aromatic heterocycles. The number of thioether (sulfide) groups is 1. The molecule has 9 nitrogen and oxygen atoms in total. The molecule has 0 aliphatic carbocycles. The van der Waals surface area contributed by atoms with Gasteiger partial charge in [0.05, 0.1) is 12.4 Å². The Labute approximate surface area is 248 Å². The minimum atomic E-state index is -0.573. The monoisotopic (exact) mass is 582 g/mol. The summed E-state index contributed by atoms with van der Waals surface area (Å²) in [4.78, 5) is 44.2. The summed E-state index contributed by atoms with van der Waals surface area (Å²) in [6.07, 6.45) is 3.66. The highest BCUT2D eigenvalue weighted by molar-refractivity contribution is 8.00. The van der Waals surface area contributed by atoms with Gasteiger partial charge < -0.3 is 25.8 Å². The van der Waals surface area contributed by atoms with Gasteiger partial charge in [0.25, 0.3) is 11.8 Å². The zero-order valence-electron chi connectivity index (χ0n) is 23.0. The van der Waals surface area contributed by atoms with Crippen LogP contribution in [0.25, 0.3) is 6.08 Å². The number of carbonyl (C=O) groups excluding carboxylic acids is 3. The highest BCUT2D eigenvalue weighted by Crippen LogP contribution is 2.29. The molecule has 42 heavy (non-hydrogen) atoms. The van der Waals surface area contributed by atoms with E-state index in [0.29, 0.717) is 34.8 Å². The molecule has 0 spiro atoms. The Kier molecular flexibility index (Phi) is 10.3. The largest absolute Gasteiger partial charge is 0.508 e. The minimum Gasteiger partial charge on any atom is -0.508 e. The molecule has 4 rings (SSSR count). The van der Waals surface area contributed by atoms with Crippen molar-refractivity contribution < 1.29 is 24.2 Å². The van der Waals surface area contributed by atoms with Crippen molar-refractivity contribution in [1.82, 2.24) is 10.3 Å². The second-order valence-electron chi connectivity index (χ2n) is 9.01. The van der Waals surface area contributed by atoms with Crippen molar-refractivity contribution in [3.63, 3.8) is 0 Å². The topological polar surface area (TPSA) is 130 Å². The fourth-order valence-corrected chi connectivity index (χ4v) is 4.91. The molecule has 0 saturated heterocycles. The minimum absolute atomic E-state index is 0.00302. The lowest BCUT2D eigenvalue weighted by molar-refractivity contribution is -0.116. The number of phenolic OH excluding ortho intramolecular Hbond substituents is 1. The first kappa shape index (κ1) is 29.9. The Balaban J connectivity index is 1.54. The summed E-state index contributed by atoms with van der Waals surface area (Å²) in [5, 5.41) is 17.8. The van der Waals surface area contributed by atoms with Crippen LogP contribution >= 0.6 is 11.8 Å². The van der Waals surface area contributed by atoms with Gasteiger partial charge in [-0.05, 0) is 67.1 Å². The van der Waals surface area contributed by atoms with Crippen molar-refractivity contribution in [3.05, 3.63) is 114 Å². The number of nitrogens with one attached hydrogen (secondary N) is 3. The highest BCUT2D eigenvalue weighted by Gasteiger charge is 2.20. The molecule has 1 unspecified atom stereocenters. The standard InChI is InChI=1S/C32H30N4O5S/c1-3-28(32(40)36-29-14-7-8-17-33-29)42-25-13-9-12-23(19-25)34-31(39)26(35-30(38)21-10-5-4-6-11-21)18-22-15-16-24(37)20-27(22)41-2/h4-20,28,37H,3H2,1-2H3,(H,34,39)(H,35,38)(H,33,36,40)/b26-18+. The zero-order chi connectivity index (χ0) is 29.9. The zero-order valence-corrected chi connectivity index (χ0v) is 23.9. The Bertz CT molecular complexity index is 1580. The Morgan fingerprint density at radius 2 is 1.74 bits per heavy atom. The fraction of sp³-hybridized carbons (Fsp3) is 0.125. The van der Waals surface area contributed by atoms with E-state index in [1.165, 1.54) is 37.1 Å². The summed E-state index contributed by atoms with van der Waals surface area (Å²) < 4.78 is 5.35. The molecule has 0 aliphatic rings. The number of rotatable bonds is 11. The summed E-state index contributed by atoms with van der Waals surface area (Å²) >= 11 is 1.37. The first-order valence-electron chi connectivity index (χ1n) is 13.1. The van der Waals surface area contributed by atoms with Crippen LogP contribution in [-0.2, 0) is 9.59 Å².